The Balaban J connectivity index is 2.64. The Hall–Kier alpha value is -1.38. The Morgan fingerprint density at radius 1 is 1.00 bits per heavy atom. The van der Waals surface area contributed by atoms with E-state index in [2.05, 4.69) is 9.97 Å². The van der Waals surface area contributed by atoms with Gasteiger partial charge in [0, 0.05) is 16.5 Å². The van der Waals surface area contributed by atoms with E-state index in [9.17, 15) is 0 Å². The van der Waals surface area contributed by atoms with Crippen LogP contribution in [0.3, 0.4) is 0 Å². The monoisotopic (exact) mass is 262 g/mol. The van der Waals surface area contributed by atoms with E-state index in [0.717, 1.165) is 27.4 Å². The largest absolute Gasteiger partial charge is 0.241 e. The molecule has 0 saturated carbocycles. The first kappa shape index (κ1) is 10.8. The minimum absolute atomic E-state index is 0.473. The van der Waals surface area contributed by atoms with Crippen LogP contribution in [0.1, 0.15) is 5.69 Å². The number of aromatic nitrogens is 2. The summed E-state index contributed by atoms with van der Waals surface area (Å²) in [5.74, 6) is 0. The highest BCUT2D eigenvalue weighted by molar-refractivity contribution is 6.37. The molecule has 0 unspecified atom stereocenters. The van der Waals surface area contributed by atoms with Crippen LogP contribution in [0.2, 0.25) is 10.3 Å². The van der Waals surface area contributed by atoms with Gasteiger partial charge in [-0.2, -0.15) is 0 Å². The molecule has 0 saturated heterocycles. The van der Waals surface area contributed by atoms with Crippen molar-refractivity contribution in [1.29, 1.82) is 0 Å². The molecule has 4 heteroatoms. The number of benzene rings is 1. The Bertz CT molecular complexity index is 738. The first-order valence-corrected chi connectivity index (χ1v) is 5.93. The summed E-state index contributed by atoms with van der Waals surface area (Å²) in [6.45, 7) is 1.89. The smallest absolute Gasteiger partial charge is 0.139 e. The van der Waals surface area contributed by atoms with E-state index >= 15 is 0 Å². The van der Waals surface area contributed by atoms with E-state index in [1.807, 2.05) is 37.3 Å². The van der Waals surface area contributed by atoms with Gasteiger partial charge in [-0.15, -0.1) is 0 Å². The van der Waals surface area contributed by atoms with Crippen LogP contribution < -0.4 is 0 Å². The van der Waals surface area contributed by atoms with Gasteiger partial charge in [0.25, 0.3) is 0 Å². The van der Waals surface area contributed by atoms with E-state index in [0.29, 0.717) is 10.3 Å². The van der Waals surface area contributed by atoms with Gasteiger partial charge < -0.3 is 0 Å². The van der Waals surface area contributed by atoms with Crippen LogP contribution in [0.5, 0.6) is 0 Å². The van der Waals surface area contributed by atoms with Crippen LogP contribution in [0.4, 0.5) is 0 Å². The molecule has 17 heavy (non-hydrogen) atoms. The number of halogens is 2. The van der Waals surface area contributed by atoms with Gasteiger partial charge in [-0.1, -0.05) is 41.4 Å². The number of aryl methyl sites for hydroxylation is 1. The third-order valence-corrected chi connectivity index (χ3v) is 3.26. The zero-order valence-corrected chi connectivity index (χ0v) is 10.5. The van der Waals surface area contributed by atoms with Crippen molar-refractivity contribution in [1.82, 2.24) is 9.97 Å². The van der Waals surface area contributed by atoms with Crippen LogP contribution in [0.25, 0.3) is 21.7 Å². The minimum atomic E-state index is 0.473. The molecule has 1 aromatic carbocycles. The third-order valence-electron chi connectivity index (χ3n) is 2.79. The standard InChI is InChI=1S/C13H8Cl2N2/c1-7-12-9(6-11(14)16-7)8-4-2-3-5-10(8)17-13(12)15/h2-6H,1H3. The number of para-hydroxylation sites is 1. The third kappa shape index (κ3) is 1.65. The summed E-state index contributed by atoms with van der Waals surface area (Å²) < 4.78 is 0. The average molecular weight is 263 g/mol. The molecule has 0 aliphatic heterocycles. The Kier molecular flexibility index (Phi) is 2.42. The van der Waals surface area contributed by atoms with E-state index in [-0.39, 0.29) is 0 Å². The fourth-order valence-corrected chi connectivity index (χ4v) is 2.63. The summed E-state index contributed by atoms with van der Waals surface area (Å²) >= 11 is 12.2. The van der Waals surface area contributed by atoms with E-state index in [4.69, 9.17) is 23.2 Å². The van der Waals surface area contributed by atoms with Gasteiger partial charge in [-0.05, 0) is 24.4 Å². The van der Waals surface area contributed by atoms with Gasteiger partial charge in [0.1, 0.15) is 10.3 Å². The second-order valence-electron chi connectivity index (χ2n) is 3.87. The summed E-state index contributed by atoms with van der Waals surface area (Å²) in [5, 5.41) is 3.86. The fourth-order valence-electron chi connectivity index (χ4n) is 2.07. The lowest BCUT2D eigenvalue weighted by molar-refractivity contribution is 1.23. The van der Waals surface area contributed by atoms with E-state index in [1.54, 1.807) is 0 Å². The maximum Gasteiger partial charge on any atom is 0.139 e. The van der Waals surface area contributed by atoms with Gasteiger partial charge in [0.15, 0.2) is 0 Å². The van der Waals surface area contributed by atoms with Crippen molar-refractivity contribution < 1.29 is 0 Å². The van der Waals surface area contributed by atoms with Gasteiger partial charge in [-0.25, -0.2) is 9.97 Å². The highest BCUT2D eigenvalue weighted by Crippen LogP contribution is 2.32. The second kappa shape index (κ2) is 3.83. The summed E-state index contributed by atoms with van der Waals surface area (Å²) in [4.78, 5) is 8.59. The number of nitrogens with zero attached hydrogens (tertiary/aromatic N) is 2. The zero-order valence-electron chi connectivity index (χ0n) is 9.04. The number of rotatable bonds is 0. The lowest BCUT2D eigenvalue weighted by Crippen LogP contribution is -1.90. The van der Waals surface area contributed by atoms with Crippen LogP contribution in [0.15, 0.2) is 30.3 Å². The predicted octanol–water partition coefficient (Wildman–Crippen LogP) is 4.40. The van der Waals surface area contributed by atoms with Crippen molar-refractivity contribution in [3.05, 3.63) is 46.3 Å². The quantitative estimate of drug-likeness (QED) is 0.443. The number of hydrogen-bond acceptors (Lipinski definition) is 2. The van der Waals surface area contributed by atoms with Crippen molar-refractivity contribution in [2.45, 2.75) is 6.92 Å². The molecule has 0 bridgehead atoms. The van der Waals surface area contributed by atoms with Gasteiger partial charge in [0.05, 0.1) is 5.52 Å². The first-order valence-electron chi connectivity index (χ1n) is 5.18. The highest BCUT2D eigenvalue weighted by atomic mass is 35.5. The Morgan fingerprint density at radius 3 is 2.59 bits per heavy atom. The second-order valence-corrected chi connectivity index (χ2v) is 4.62. The Labute approximate surface area is 108 Å². The van der Waals surface area contributed by atoms with E-state index < -0.39 is 0 Å². The molecule has 3 aromatic rings. The SMILES string of the molecule is Cc1nc(Cl)cc2c1c(Cl)nc1ccccc12. The van der Waals surface area contributed by atoms with E-state index in [1.165, 1.54) is 0 Å². The molecule has 0 aliphatic rings. The molecule has 0 N–H and O–H groups in total. The molecule has 2 nitrogen and oxygen atoms in total. The molecule has 0 amide bonds. The average Bonchev–Trinajstić information content (AvgIpc) is 2.28. The number of pyridine rings is 2. The molecular weight excluding hydrogens is 255 g/mol. The summed E-state index contributed by atoms with van der Waals surface area (Å²) in [7, 11) is 0. The molecule has 0 aliphatic carbocycles. The molecule has 2 aromatic heterocycles. The summed E-state index contributed by atoms with van der Waals surface area (Å²) in [6, 6.07) is 9.69. The van der Waals surface area contributed by atoms with Gasteiger partial charge >= 0.3 is 0 Å². The molecule has 0 fully saturated rings. The van der Waals surface area contributed by atoms with Gasteiger partial charge in [0.2, 0.25) is 0 Å². The van der Waals surface area contributed by atoms with Gasteiger partial charge in [-0.3, -0.25) is 0 Å². The first-order chi connectivity index (χ1) is 8.16. The molecule has 3 rings (SSSR count). The maximum absolute atomic E-state index is 6.20. The predicted molar refractivity (Wildman–Crippen MR) is 71.8 cm³/mol. The van der Waals surface area contributed by atoms with Crippen molar-refractivity contribution in [2.75, 3.05) is 0 Å². The molecule has 0 radical (unpaired) electrons. The topological polar surface area (TPSA) is 25.8 Å². The molecular formula is C13H8Cl2N2. The van der Waals surface area contributed by atoms with Crippen LogP contribution in [-0.2, 0) is 0 Å². The van der Waals surface area contributed by atoms with Crippen LogP contribution >= 0.6 is 23.2 Å². The van der Waals surface area contributed by atoms with Crippen molar-refractivity contribution in [3.8, 4) is 0 Å². The number of hydrogen-bond donors (Lipinski definition) is 0. The maximum atomic E-state index is 6.20. The lowest BCUT2D eigenvalue weighted by atomic mass is 10.1. The van der Waals surface area contributed by atoms with Crippen molar-refractivity contribution in [2.24, 2.45) is 0 Å². The van der Waals surface area contributed by atoms with Crippen LogP contribution in [0, 0.1) is 6.92 Å². The highest BCUT2D eigenvalue weighted by Gasteiger charge is 2.10. The normalized spacial score (nSPS) is 11.2. The zero-order chi connectivity index (χ0) is 12.0. The molecule has 2 heterocycles. The van der Waals surface area contributed by atoms with Crippen molar-refractivity contribution in [3.63, 3.8) is 0 Å². The van der Waals surface area contributed by atoms with Crippen molar-refractivity contribution >= 4 is 44.9 Å². The fraction of sp³-hybridized carbons (Fsp3) is 0.0769. The molecule has 84 valence electrons. The summed E-state index contributed by atoms with van der Waals surface area (Å²) in [5.41, 5.74) is 1.67. The minimum Gasteiger partial charge on any atom is -0.241 e. The summed E-state index contributed by atoms with van der Waals surface area (Å²) in [6.07, 6.45) is 0. The Morgan fingerprint density at radius 2 is 1.76 bits per heavy atom. The van der Waals surface area contributed by atoms with Crippen LogP contribution in [-0.4, -0.2) is 9.97 Å². The molecule has 0 atom stereocenters. The molecule has 0 spiro atoms. The number of fused-ring (bicyclic) bond motifs is 3. The lowest BCUT2D eigenvalue weighted by Gasteiger charge is -2.07.